The summed E-state index contributed by atoms with van der Waals surface area (Å²) in [7, 11) is 0. The van der Waals surface area contributed by atoms with Crippen LogP contribution in [0.3, 0.4) is 0 Å². The first kappa shape index (κ1) is 19.8. The average molecular weight is 411 g/mol. The van der Waals surface area contributed by atoms with Crippen molar-refractivity contribution in [3.05, 3.63) is 34.9 Å². The number of rotatable bonds is 0. The number of carbonyl (C=O) groups excluding carboxylic acids is 2. The van der Waals surface area contributed by atoms with Crippen LogP contribution in [0.2, 0.25) is 0 Å². The molecule has 4 aliphatic rings. The second kappa shape index (κ2) is 5.97. The summed E-state index contributed by atoms with van der Waals surface area (Å²) in [6.45, 7) is 8.48. The lowest BCUT2D eigenvalue weighted by atomic mass is 9.46. The Morgan fingerprint density at radius 1 is 1.03 bits per heavy atom. The van der Waals surface area contributed by atoms with Gasteiger partial charge in [0.1, 0.15) is 17.1 Å². The van der Waals surface area contributed by atoms with Gasteiger partial charge in [-0.25, -0.2) is 0 Å². The highest BCUT2D eigenvalue weighted by atomic mass is 16.5. The van der Waals surface area contributed by atoms with Crippen molar-refractivity contribution in [2.75, 3.05) is 0 Å². The first-order chi connectivity index (χ1) is 14.0. The molecular weight excluding hydrogens is 380 g/mol. The molecule has 5 heteroatoms. The van der Waals surface area contributed by atoms with Gasteiger partial charge in [-0.05, 0) is 54.7 Å². The van der Waals surface area contributed by atoms with E-state index in [0.717, 1.165) is 24.0 Å². The number of carbonyl (C=O) groups is 2. The lowest BCUT2D eigenvalue weighted by molar-refractivity contribution is -0.148. The van der Waals surface area contributed by atoms with Gasteiger partial charge in [0.25, 0.3) is 0 Å². The third-order valence-electron chi connectivity index (χ3n) is 8.65. The normalized spacial score (nSPS) is 38.8. The first-order valence-electron chi connectivity index (χ1n) is 11.0. The van der Waals surface area contributed by atoms with Crippen molar-refractivity contribution in [2.45, 2.75) is 71.5 Å². The number of phenols is 1. The SMILES string of the molecule is CC12CCC3C(C)(C)C(=O)C=CC3(C)C1Cc1c(cc(O)c3c1CC(O)CC3=O)O2. The van der Waals surface area contributed by atoms with Crippen molar-refractivity contribution in [3.63, 3.8) is 0 Å². The van der Waals surface area contributed by atoms with E-state index in [2.05, 4.69) is 33.8 Å². The van der Waals surface area contributed by atoms with Crippen molar-refractivity contribution in [2.24, 2.45) is 22.7 Å². The Labute approximate surface area is 177 Å². The maximum absolute atomic E-state index is 12.6. The Morgan fingerprint density at radius 2 is 1.77 bits per heavy atom. The van der Waals surface area contributed by atoms with E-state index in [1.54, 1.807) is 12.1 Å². The fraction of sp³-hybridized carbons (Fsp3) is 0.600. The molecule has 0 saturated heterocycles. The monoisotopic (exact) mass is 410 g/mol. The summed E-state index contributed by atoms with van der Waals surface area (Å²) in [5, 5.41) is 20.8. The van der Waals surface area contributed by atoms with Crippen molar-refractivity contribution in [1.82, 2.24) is 0 Å². The smallest absolute Gasteiger partial charge is 0.169 e. The van der Waals surface area contributed by atoms with E-state index < -0.39 is 17.1 Å². The van der Waals surface area contributed by atoms with Gasteiger partial charge < -0.3 is 14.9 Å². The largest absolute Gasteiger partial charge is 0.507 e. The number of allylic oxidation sites excluding steroid dienone is 2. The maximum atomic E-state index is 12.6. The quantitative estimate of drug-likeness (QED) is 0.680. The molecule has 3 aliphatic carbocycles. The Bertz CT molecular complexity index is 1010. The minimum Gasteiger partial charge on any atom is -0.507 e. The van der Waals surface area contributed by atoms with E-state index in [0.29, 0.717) is 24.2 Å². The molecule has 1 saturated carbocycles. The van der Waals surface area contributed by atoms with Gasteiger partial charge in [-0.2, -0.15) is 0 Å². The summed E-state index contributed by atoms with van der Waals surface area (Å²) in [5.41, 5.74) is 0.949. The standard InChI is InChI=1S/C25H30O5/c1-23(2)19-5-8-25(4)20(24(19,3)7-6-21(23)29)11-14-15-9-13(26)10-16(27)22(15)17(28)12-18(14)30-25/h6-7,12-13,19-20,26,28H,5,8-11H2,1-4H3. The molecule has 30 heavy (non-hydrogen) atoms. The highest BCUT2D eigenvalue weighted by Gasteiger charge is 2.61. The van der Waals surface area contributed by atoms with Crippen LogP contribution in [0, 0.1) is 22.7 Å². The summed E-state index contributed by atoms with van der Waals surface area (Å²) in [5.74, 6) is 0.890. The zero-order valence-electron chi connectivity index (χ0n) is 18.1. The van der Waals surface area contributed by atoms with Crippen molar-refractivity contribution >= 4 is 11.6 Å². The number of ether oxygens (including phenoxy) is 1. The van der Waals surface area contributed by atoms with E-state index in [-0.39, 0.29) is 41.0 Å². The molecule has 5 rings (SSSR count). The molecule has 160 valence electrons. The van der Waals surface area contributed by atoms with Gasteiger partial charge in [-0.3, -0.25) is 9.59 Å². The predicted octanol–water partition coefficient (Wildman–Crippen LogP) is 3.77. The van der Waals surface area contributed by atoms with Crippen LogP contribution in [-0.2, 0) is 17.6 Å². The molecule has 5 unspecified atom stereocenters. The van der Waals surface area contributed by atoms with Crippen molar-refractivity contribution in [1.29, 1.82) is 0 Å². The zero-order valence-corrected chi connectivity index (χ0v) is 18.1. The Hall–Kier alpha value is -2.14. The number of aromatic hydroxyl groups is 1. The molecule has 2 N–H and O–H groups in total. The minimum atomic E-state index is -0.731. The number of Topliss-reactive ketones (excluding diaryl/α,β-unsaturated/α-hetero) is 1. The molecule has 1 fully saturated rings. The van der Waals surface area contributed by atoms with E-state index in [9.17, 15) is 19.8 Å². The van der Waals surface area contributed by atoms with Gasteiger partial charge in [0.05, 0.1) is 11.7 Å². The molecule has 0 amide bonds. The zero-order chi connectivity index (χ0) is 21.6. The fourth-order valence-corrected chi connectivity index (χ4v) is 7.06. The second-order valence-corrected chi connectivity index (χ2v) is 10.8. The number of ketones is 2. The van der Waals surface area contributed by atoms with Gasteiger partial charge in [0.2, 0.25) is 0 Å². The molecule has 5 nitrogen and oxygen atoms in total. The number of phenolic OH excluding ortho intramolecular Hbond substituents is 1. The van der Waals surface area contributed by atoms with Crippen molar-refractivity contribution in [3.8, 4) is 11.5 Å². The minimum absolute atomic E-state index is 0.0418. The van der Waals surface area contributed by atoms with Crippen molar-refractivity contribution < 1.29 is 24.5 Å². The van der Waals surface area contributed by atoms with Gasteiger partial charge >= 0.3 is 0 Å². The van der Waals surface area contributed by atoms with Crippen LogP contribution >= 0.6 is 0 Å². The summed E-state index contributed by atoms with van der Waals surface area (Å²) in [6, 6.07) is 1.59. The third-order valence-corrected chi connectivity index (χ3v) is 8.65. The van der Waals surface area contributed by atoms with Gasteiger partial charge in [-0.15, -0.1) is 0 Å². The van der Waals surface area contributed by atoms with Crippen LogP contribution in [0.5, 0.6) is 11.5 Å². The highest BCUT2D eigenvalue weighted by Crippen LogP contribution is 2.62. The molecule has 0 radical (unpaired) electrons. The van der Waals surface area contributed by atoms with Crippen LogP contribution in [0.25, 0.3) is 0 Å². The molecule has 5 atom stereocenters. The van der Waals surface area contributed by atoms with E-state index in [1.165, 1.54) is 0 Å². The number of hydrogen-bond acceptors (Lipinski definition) is 5. The predicted molar refractivity (Wildman–Crippen MR) is 112 cm³/mol. The van der Waals surface area contributed by atoms with Crippen LogP contribution in [0.1, 0.15) is 68.4 Å². The summed E-state index contributed by atoms with van der Waals surface area (Å²) >= 11 is 0. The average Bonchev–Trinajstić information content (AvgIpc) is 2.63. The van der Waals surface area contributed by atoms with Gasteiger partial charge in [-0.1, -0.05) is 26.8 Å². The fourth-order valence-electron chi connectivity index (χ4n) is 7.06. The Kier molecular flexibility index (Phi) is 3.94. The molecule has 1 aromatic rings. The third kappa shape index (κ3) is 2.44. The van der Waals surface area contributed by atoms with Gasteiger partial charge in [0, 0.05) is 30.2 Å². The Balaban J connectivity index is 1.66. The highest BCUT2D eigenvalue weighted by molar-refractivity contribution is 6.02. The number of aliphatic hydroxyl groups excluding tert-OH is 1. The molecule has 1 heterocycles. The number of benzene rings is 1. The molecule has 0 bridgehead atoms. The molecule has 1 aromatic carbocycles. The summed E-state index contributed by atoms with van der Waals surface area (Å²) in [6.07, 6.45) is 5.94. The maximum Gasteiger partial charge on any atom is 0.169 e. The van der Waals surface area contributed by atoms with Crippen LogP contribution in [-0.4, -0.2) is 33.5 Å². The van der Waals surface area contributed by atoms with E-state index in [4.69, 9.17) is 4.74 Å². The topological polar surface area (TPSA) is 83.8 Å². The Morgan fingerprint density at radius 3 is 2.50 bits per heavy atom. The van der Waals surface area contributed by atoms with Crippen LogP contribution in [0.4, 0.5) is 0 Å². The number of hydrogen-bond donors (Lipinski definition) is 2. The summed E-state index contributed by atoms with van der Waals surface area (Å²) < 4.78 is 6.58. The van der Waals surface area contributed by atoms with E-state index >= 15 is 0 Å². The van der Waals surface area contributed by atoms with Gasteiger partial charge in [0.15, 0.2) is 11.6 Å². The number of fused-ring (bicyclic) bond motifs is 6. The summed E-state index contributed by atoms with van der Waals surface area (Å²) in [4.78, 5) is 25.2. The lowest BCUT2D eigenvalue weighted by Gasteiger charge is -2.61. The molecule has 1 aliphatic heterocycles. The first-order valence-corrected chi connectivity index (χ1v) is 11.0. The molecule has 0 aromatic heterocycles. The van der Waals surface area contributed by atoms with Crippen LogP contribution in [0.15, 0.2) is 18.2 Å². The molecule has 0 spiro atoms. The van der Waals surface area contributed by atoms with Crippen LogP contribution < -0.4 is 4.74 Å². The molecular formula is C25H30O5. The second-order valence-electron chi connectivity index (χ2n) is 10.8. The van der Waals surface area contributed by atoms with E-state index in [1.807, 2.05) is 0 Å². The number of aliphatic hydroxyl groups is 1. The lowest BCUT2D eigenvalue weighted by Crippen LogP contribution is -2.61.